The molecule has 0 aliphatic heterocycles. The molecule has 0 spiro atoms. The number of aromatic nitrogens is 1. The Balaban J connectivity index is 1.98. The number of aryl methyl sites for hydroxylation is 2. The van der Waals surface area contributed by atoms with Crippen molar-refractivity contribution in [3.63, 3.8) is 0 Å². The zero-order valence-electron chi connectivity index (χ0n) is 14.0. The fourth-order valence-corrected chi connectivity index (χ4v) is 3.32. The minimum absolute atomic E-state index is 0.0479. The van der Waals surface area contributed by atoms with Crippen LogP contribution in [0.4, 0.5) is 0 Å². The molecule has 1 heterocycles. The van der Waals surface area contributed by atoms with Gasteiger partial charge in [-0.25, -0.2) is 0 Å². The van der Waals surface area contributed by atoms with Crippen LogP contribution in [0, 0.1) is 12.8 Å². The van der Waals surface area contributed by atoms with E-state index in [1.54, 1.807) is 23.4 Å². The van der Waals surface area contributed by atoms with Gasteiger partial charge in [0.2, 0.25) is 0 Å². The number of ether oxygens (including phenoxy) is 1. The van der Waals surface area contributed by atoms with Gasteiger partial charge in [-0.2, -0.15) is 0 Å². The second-order valence-corrected chi connectivity index (χ2v) is 7.18. The molecular formula is C19H23NO2S. The van der Waals surface area contributed by atoms with Gasteiger partial charge in [-0.1, -0.05) is 6.42 Å². The summed E-state index contributed by atoms with van der Waals surface area (Å²) < 4.78 is 7.75. The van der Waals surface area contributed by atoms with Crippen LogP contribution in [0.3, 0.4) is 0 Å². The van der Waals surface area contributed by atoms with Crippen molar-refractivity contribution in [3.05, 3.63) is 46.4 Å². The molecule has 122 valence electrons. The summed E-state index contributed by atoms with van der Waals surface area (Å²) in [6, 6.07) is 8.26. The van der Waals surface area contributed by atoms with Gasteiger partial charge in [-0.05, 0) is 56.2 Å². The number of nitrogens with zero attached hydrogens (tertiary/aromatic N) is 1. The average Bonchev–Trinajstić information content (AvgIpc) is 2.50. The highest BCUT2D eigenvalue weighted by molar-refractivity contribution is 7.98. The van der Waals surface area contributed by atoms with E-state index in [0.29, 0.717) is 5.92 Å². The van der Waals surface area contributed by atoms with E-state index in [2.05, 4.69) is 24.5 Å². The van der Waals surface area contributed by atoms with E-state index in [1.165, 1.54) is 24.2 Å². The maximum Gasteiger partial charge on any atom is 0.253 e. The van der Waals surface area contributed by atoms with E-state index in [9.17, 15) is 4.79 Å². The second kappa shape index (κ2) is 6.83. The van der Waals surface area contributed by atoms with Gasteiger partial charge in [0.05, 0.1) is 6.61 Å². The van der Waals surface area contributed by atoms with Gasteiger partial charge in [0.15, 0.2) is 0 Å². The lowest BCUT2D eigenvalue weighted by atomic mass is 9.86. The Kier molecular flexibility index (Phi) is 4.81. The lowest BCUT2D eigenvalue weighted by Crippen LogP contribution is -2.20. The summed E-state index contributed by atoms with van der Waals surface area (Å²) in [6.45, 7) is 2.65. The minimum atomic E-state index is 0.0479. The molecule has 4 heteroatoms. The summed E-state index contributed by atoms with van der Waals surface area (Å²) in [5.41, 5.74) is 2.90. The topological polar surface area (TPSA) is 31.2 Å². The van der Waals surface area contributed by atoms with Gasteiger partial charge in [-0.15, -0.1) is 11.8 Å². The molecule has 0 N–H and O–H groups in total. The van der Waals surface area contributed by atoms with Crippen LogP contribution in [0.15, 0.2) is 40.2 Å². The monoisotopic (exact) mass is 329 g/mol. The third-order valence-corrected chi connectivity index (χ3v) is 5.28. The Morgan fingerprint density at radius 1 is 1.30 bits per heavy atom. The number of hydrogen-bond acceptors (Lipinski definition) is 3. The van der Waals surface area contributed by atoms with Crippen molar-refractivity contribution in [2.45, 2.75) is 31.1 Å². The molecule has 1 aliphatic carbocycles. The van der Waals surface area contributed by atoms with Crippen LogP contribution in [0.25, 0.3) is 11.1 Å². The number of rotatable bonds is 5. The largest absolute Gasteiger partial charge is 0.493 e. The summed E-state index contributed by atoms with van der Waals surface area (Å²) in [7, 11) is 1.80. The normalized spacial score (nSPS) is 14.6. The fourth-order valence-electron chi connectivity index (χ4n) is 2.88. The van der Waals surface area contributed by atoms with Crippen molar-refractivity contribution in [1.82, 2.24) is 4.57 Å². The highest BCUT2D eigenvalue weighted by atomic mass is 32.2. The van der Waals surface area contributed by atoms with Crippen molar-refractivity contribution in [2.24, 2.45) is 13.0 Å². The van der Waals surface area contributed by atoms with Crippen LogP contribution in [0.1, 0.15) is 24.8 Å². The maximum absolute atomic E-state index is 11.9. The van der Waals surface area contributed by atoms with Crippen LogP contribution in [0.5, 0.6) is 5.75 Å². The fraction of sp³-hybridized carbons (Fsp3) is 0.421. The van der Waals surface area contributed by atoms with Gasteiger partial charge < -0.3 is 9.30 Å². The molecule has 3 rings (SSSR count). The van der Waals surface area contributed by atoms with Crippen LogP contribution in [-0.4, -0.2) is 17.4 Å². The Bertz CT molecular complexity index is 736. The first-order chi connectivity index (χ1) is 11.1. The highest BCUT2D eigenvalue weighted by Gasteiger charge is 2.19. The molecule has 1 aromatic heterocycles. The summed E-state index contributed by atoms with van der Waals surface area (Å²) in [4.78, 5) is 13.1. The molecule has 0 amide bonds. The molecule has 1 saturated carbocycles. The first-order valence-electron chi connectivity index (χ1n) is 8.07. The first kappa shape index (κ1) is 16.2. The highest BCUT2D eigenvalue weighted by Crippen LogP contribution is 2.35. The molecule has 3 nitrogen and oxygen atoms in total. The minimum Gasteiger partial charge on any atom is -0.493 e. The lowest BCUT2D eigenvalue weighted by molar-refractivity contribution is 0.181. The number of pyridine rings is 1. The molecule has 0 bridgehead atoms. The smallest absolute Gasteiger partial charge is 0.253 e. The molecular weight excluding hydrogens is 306 g/mol. The van der Waals surface area contributed by atoms with Gasteiger partial charge in [0.1, 0.15) is 5.75 Å². The molecule has 2 aromatic rings. The van der Waals surface area contributed by atoms with Crippen LogP contribution in [0.2, 0.25) is 0 Å². The number of thioether (sulfide) groups is 1. The predicted octanol–water partition coefficient (Wildman–Crippen LogP) is 4.26. The third-order valence-electron chi connectivity index (χ3n) is 4.56. The van der Waals surface area contributed by atoms with Crippen LogP contribution >= 0.6 is 11.8 Å². The van der Waals surface area contributed by atoms with Gasteiger partial charge in [0.25, 0.3) is 5.56 Å². The summed E-state index contributed by atoms with van der Waals surface area (Å²) in [5.74, 6) is 1.61. The Morgan fingerprint density at radius 2 is 2.09 bits per heavy atom. The third kappa shape index (κ3) is 3.47. The van der Waals surface area contributed by atoms with Crippen molar-refractivity contribution in [1.29, 1.82) is 0 Å². The number of benzene rings is 1. The van der Waals surface area contributed by atoms with E-state index in [0.717, 1.165) is 29.0 Å². The molecule has 0 saturated heterocycles. The van der Waals surface area contributed by atoms with Crippen molar-refractivity contribution < 1.29 is 4.74 Å². The van der Waals surface area contributed by atoms with Crippen molar-refractivity contribution >= 4 is 11.8 Å². The molecule has 23 heavy (non-hydrogen) atoms. The molecule has 0 radical (unpaired) electrons. The number of hydrogen-bond donors (Lipinski definition) is 0. The van der Waals surface area contributed by atoms with Crippen LogP contribution < -0.4 is 10.3 Å². The summed E-state index contributed by atoms with van der Waals surface area (Å²) in [5, 5.41) is 0. The summed E-state index contributed by atoms with van der Waals surface area (Å²) >= 11 is 1.71. The Labute approximate surface area is 141 Å². The molecule has 0 unspecified atom stereocenters. The maximum atomic E-state index is 11.9. The molecule has 1 aliphatic rings. The average molecular weight is 329 g/mol. The van der Waals surface area contributed by atoms with E-state index in [-0.39, 0.29) is 5.56 Å². The van der Waals surface area contributed by atoms with E-state index < -0.39 is 0 Å². The second-order valence-electron chi connectivity index (χ2n) is 6.30. The van der Waals surface area contributed by atoms with Gasteiger partial charge in [-0.3, -0.25) is 4.79 Å². The molecule has 1 fully saturated rings. The van der Waals surface area contributed by atoms with Crippen molar-refractivity contribution in [2.75, 3.05) is 12.9 Å². The van der Waals surface area contributed by atoms with Gasteiger partial charge in [0, 0.05) is 34.8 Å². The Hall–Kier alpha value is -1.68. The molecule has 0 atom stereocenters. The Morgan fingerprint density at radius 3 is 2.70 bits per heavy atom. The van der Waals surface area contributed by atoms with Gasteiger partial charge >= 0.3 is 0 Å². The standard InChI is InChI=1S/C19H23NO2S/c1-13-9-15(11-20(2)19(13)21)17-10-16(23-3)7-8-18(17)22-12-14-5-4-6-14/h7-11,14H,4-6,12H2,1-3H3. The van der Waals surface area contributed by atoms with E-state index in [1.807, 2.05) is 19.2 Å². The predicted molar refractivity (Wildman–Crippen MR) is 96.5 cm³/mol. The zero-order valence-corrected chi connectivity index (χ0v) is 14.8. The van der Waals surface area contributed by atoms with E-state index in [4.69, 9.17) is 4.74 Å². The SMILES string of the molecule is CSc1ccc(OCC2CCC2)c(-c2cc(C)c(=O)n(C)c2)c1. The first-order valence-corrected chi connectivity index (χ1v) is 9.29. The van der Waals surface area contributed by atoms with E-state index >= 15 is 0 Å². The summed E-state index contributed by atoms with van der Waals surface area (Å²) in [6.07, 6.45) is 7.84. The molecule has 1 aromatic carbocycles. The zero-order chi connectivity index (χ0) is 16.4. The quantitative estimate of drug-likeness (QED) is 0.768. The van der Waals surface area contributed by atoms with Crippen LogP contribution in [-0.2, 0) is 7.05 Å². The van der Waals surface area contributed by atoms with Crippen molar-refractivity contribution in [3.8, 4) is 16.9 Å². The lowest BCUT2D eigenvalue weighted by Gasteiger charge is -2.26.